The summed E-state index contributed by atoms with van der Waals surface area (Å²) in [6.45, 7) is 15.0. The van der Waals surface area contributed by atoms with Crippen molar-refractivity contribution in [2.75, 3.05) is 46.9 Å². The largest absolute Gasteiger partial charge is 0.401 e. The van der Waals surface area contributed by atoms with Crippen LogP contribution < -0.4 is 10.6 Å². The Labute approximate surface area is 245 Å². The van der Waals surface area contributed by atoms with Crippen LogP contribution in [-0.4, -0.2) is 92.7 Å². The summed E-state index contributed by atoms with van der Waals surface area (Å²) in [4.78, 5) is 11.4. The minimum atomic E-state index is -4.22. The van der Waals surface area contributed by atoms with E-state index in [9.17, 15) is 13.2 Å². The third-order valence-electron chi connectivity index (χ3n) is 8.22. The summed E-state index contributed by atoms with van der Waals surface area (Å²) in [5.74, 6) is 0.911. The molecule has 3 atom stereocenters. The maximum Gasteiger partial charge on any atom is 0.401 e. The second-order valence-electron chi connectivity index (χ2n) is 11.4. The van der Waals surface area contributed by atoms with E-state index in [-0.39, 0.29) is 18.8 Å². The lowest BCUT2D eigenvalue weighted by Crippen LogP contribution is -2.41. The summed E-state index contributed by atoms with van der Waals surface area (Å²) in [7, 11) is 4.13. The van der Waals surface area contributed by atoms with E-state index in [1.165, 1.54) is 25.0 Å². The van der Waals surface area contributed by atoms with Crippen molar-refractivity contribution >= 4 is 6.72 Å². The maximum atomic E-state index is 12.4. The molecule has 2 N–H and O–H groups in total. The lowest BCUT2D eigenvalue weighted by atomic mass is 9.91. The Morgan fingerprint density at radius 2 is 2.00 bits per heavy atom. The van der Waals surface area contributed by atoms with Gasteiger partial charge in [-0.05, 0) is 81.2 Å². The SMILES string of the molecule is C=CC(=CN(C)C(C)CCN(CC)CC1CC1)C1=CC=C(N(C)C2=CC(NCNCC(F)(F)F)CC=C2)C(N=C)C1. The molecular formula is C32H49F3N6. The Bertz CT molecular complexity index is 1040. The summed E-state index contributed by atoms with van der Waals surface area (Å²) >= 11 is 0. The van der Waals surface area contributed by atoms with E-state index in [4.69, 9.17) is 0 Å². The number of nitrogens with one attached hydrogen (secondary N) is 2. The van der Waals surface area contributed by atoms with Crippen molar-refractivity contribution in [3.8, 4) is 0 Å². The molecule has 3 aliphatic carbocycles. The Hall–Kier alpha value is -2.62. The number of hydrogen-bond acceptors (Lipinski definition) is 6. The molecule has 9 heteroatoms. The normalized spacial score (nSPS) is 22.1. The predicted octanol–water partition coefficient (Wildman–Crippen LogP) is 5.63. The standard InChI is InChI=1S/C32H49F3N6/c1-7-26(21-39(5)24(3)16-17-41(8-2)20-25-12-13-25)27-14-15-31(30(18-27)36-4)40(6)29-11-9-10-28(19-29)38-23-37-22-32(33,34)35/h7,9,11,14-15,19,21,24-25,28,30,37-38H,1,4,8,10,12-13,16-18,20,22-23H2,2-3,5-6H3. The number of rotatable bonds is 17. The minimum Gasteiger partial charge on any atom is -0.377 e. The van der Waals surface area contributed by atoms with Gasteiger partial charge in [0.15, 0.2) is 0 Å². The first-order valence-corrected chi connectivity index (χ1v) is 14.8. The summed E-state index contributed by atoms with van der Waals surface area (Å²) in [5.41, 5.74) is 4.25. The lowest BCUT2D eigenvalue weighted by molar-refractivity contribution is -0.124. The Morgan fingerprint density at radius 3 is 2.63 bits per heavy atom. The van der Waals surface area contributed by atoms with Crippen molar-refractivity contribution in [2.45, 2.75) is 70.3 Å². The van der Waals surface area contributed by atoms with Gasteiger partial charge in [-0.15, -0.1) is 0 Å². The van der Waals surface area contributed by atoms with Crippen LogP contribution in [0.15, 0.2) is 76.8 Å². The smallest absolute Gasteiger partial charge is 0.377 e. The first-order valence-electron chi connectivity index (χ1n) is 14.8. The molecule has 41 heavy (non-hydrogen) atoms. The summed E-state index contributed by atoms with van der Waals surface area (Å²) in [6.07, 6.45) is 15.5. The molecule has 0 aromatic rings. The van der Waals surface area contributed by atoms with Gasteiger partial charge in [-0.3, -0.25) is 15.6 Å². The first kappa shape index (κ1) is 32.9. The van der Waals surface area contributed by atoms with Gasteiger partial charge in [0.2, 0.25) is 0 Å². The molecule has 0 spiro atoms. The average Bonchev–Trinajstić information content (AvgIpc) is 3.79. The van der Waals surface area contributed by atoms with Gasteiger partial charge in [0.1, 0.15) is 0 Å². The highest BCUT2D eigenvalue weighted by atomic mass is 19.4. The van der Waals surface area contributed by atoms with E-state index in [0.29, 0.717) is 18.9 Å². The topological polar surface area (TPSA) is 46.1 Å². The first-order chi connectivity index (χ1) is 19.5. The molecule has 0 heterocycles. The third-order valence-corrected chi connectivity index (χ3v) is 8.22. The van der Waals surface area contributed by atoms with Gasteiger partial charge in [-0.25, -0.2) is 0 Å². The third kappa shape index (κ3) is 10.6. The van der Waals surface area contributed by atoms with Crippen LogP contribution in [0.5, 0.6) is 0 Å². The van der Waals surface area contributed by atoms with Crippen molar-refractivity contribution in [2.24, 2.45) is 10.9 Å². The summed E-state index contributed by atoms with van der Waals surface area (Å²) in [5, 5.41) is 5.53. The fraction of sp³-hybridized carbons (Fsp3) is 0.594. The van der Waals surface area contributed by atoms with Crippen LogP contribution in [0.2, 0.25) is 0 Å². The number of alkyl halides is 3. The van der Waals surface area contributed by atoms with E-state index in [2.05, 4.69) is 82.9 Å². The van der Waals surface area contributed by atoms with Crippen LogP contribution in [0, 0.1) is 5.92 Å². The molecule has 3 aliphatic rings. The number of allylic oxidation sites excluding steroid dienone is 5. The van der Waals surface area contributed by atoms with Gasteiger partial charge < -0.3 is 14.7 Å². The fourth-order valence-electron chi connectivity index (χ4n) is 5.20. The van der Waals surface area contributed by atoms with Crippen molar-refractivity contribution in [3.63, 3.8) is 0 Å². The molecule has 0 aromatic heterocycles. The molecule has 0 aromatic carbocycles. The molecule has 3 rings (SSSR count). The fourth-order valence-corrected chi connectivity index (χ4v) is 5.20. The molecule has 1 saturated carbocycles. The molecule has 1 fully saturated rings. The van der Waals surface area contributed by atoms with E-state index in [1.807, 2.05) is 31.4 Å². The molecule has 228 valence electrons. The Morgan fingerprint density at radius 1 is 1.24 bits per heavy atom. The van der Waals surface area contributed by atoms with E-state index in [0.717, 1.165) is 42.4 Å². The predicted molar refractivity (Wildman–Crippen MR) is 165 cm³/mol. The number of halogens is 3. The highest BCUT2D eigenvalue weighted by molar-refractivity contribution is 5.47. The zero-order chi connectivity index (χ0) is 30.0. The number of likely N-dealkylation sites (N-methyl/N-ethyl adjacent to an activating group) is 1. The minimum absolute atomic E-state index is 0.0606. The van der Waals surface area contributed by atoms with Crippen LogP contribution in [0.25, 0.3) is 0 Å². The van der Waals surface area contributed by atoms with Crippen molar-refractivity contribution < 1.29 is 13.2 Å². The number of aliphatic imine (C=N–C) groups is 1. The van der Waals surface area contributed by atoms with Gasteiger partial charge in [0.05, 0.1) is 12.6 Å². The van der Waals surface area contributed by atoms with Crippen molar-refractivity contribution in [1.29, 1.82) is 0 Å². The van der Waals surface area contributed by atoms with Gasteiger partial charge in [-0.1, -0.05) is 31.7 Å². The second kappa shape index (κ2) is 15.6. The molecule has 3 unspecified atom stereocenters. The van der Waals surface area contributed by atoms with Gasteiger partial charge in [-0.2, -0.15) is 13.2 Å². The average molecular weight is 575 g/mol. The number of nitrogens with zero attached hydrogens (tertiary/aromatic N) is 4. The van der Waals surface area contributed by atoms with Crippen LogP contribution in [-0.2, 0) is 0 Å². The van der Waals surface area contributed by atoms with Crippen LogP contribution in [0.1, 0.15) is 46.0 Å². The zero-order valence-corrected chi connectivity index (χ0v) is 25.3. The van der Waals surface area contributed by atoms with Gasteiger partial charge in [0, 0.05) is 70.0 Å². The monoisotopic (exact) mass is 574 g/mol. The highest BCUT2D eigenvalue weighted by Gasteiger charge is 2.27. The Balaban J connectivity index is 1.63. The van der Waals surface area contributed by atoms with Crippen molar-refractivity contribution in [1.82, 2.24) is 25.3 Å². The molecule has 0 radical (unpaired) electrons. The van der Waals surface area contributed by atoms with Crippen LogP contribution >= 0.6 is 0 Å². The van der Waals surface area contributed by atoms with Crippen LogP contribution in [0.4, 0.5) is 13.2 Å². The molecule has 0 bridgehead atoms. The molecule has 0 aliphatic heterocycles. The van der Waals surface area contributed by atoms with E-state index in [1.54, 1.807) is 0 Å². The van der Waals surface area contributed by atoms with Crippen molar-refractivity contribution in [3.05, 3.63) is 71.8 Å². The Kier molecular flexibility index (Phi) is 12.5. The molecular weight excluding hydrogens is 525 g/mol. The molecule has 0 saturated heterocycles. The highest BCUT2D eigenvalue weighted by Crippen LogP contribution is 2.32. The summed E-state index contributed by atoms with van der Waals surface area (Å²) < 4.78 is 37.2. The van der Waals surface area contributed by atoms with Gasteiger partial charge in [0.25, 0.3) is 0 Å². The molecule has 0 amide bonds. The quantitative estimate of drug-likeness (QED) is 0.102. The second-order valence-corrected chi connectivity index (χ2v) is 11.4. The number of hydrogen-bond donors (Lipinski definition) is 2. The van der Waals surface area contributed by atoms with E-state index < -0.39 is 12.7 Å². The van der Waals surface area contributed by atoms with Gasteiger partial charge >= 0.3 is 6.18 Å². The lowest BCUT2D eigenvalue weighted by Gasteiger charge is -2.33. The van der Waals surface area contributed by atoms with E-state index >= 15 is 0 Å². The maximum absolute atomic E-state index is 12.4. The van der Waals surface area contributed by atoms with Crippen LogP contribution in [0.3, 0.4) is 0 Å². The summed E-state index contributed by atoms with van der Waals surface area (Å²) in [6, 6.07) is 0.223. The zero-order valence-electron chi connectivity index (χ0n) is 25.3. The molecule has 6 nitrogen and oxygen atoms in total.